The number of hydrogen-bond acceptors (Lipinski definition) is 6. The molecule has 21 heavy (non-hydrogen) atoms. The Morgan fingerprint density at radius 1 is 1.38 bits per heavy atom. The van der Waals surface area contributed by atoms with Crippen molar-refractivity contribution in [1.82, 2.24) is 4.98 Å². The molecule has 2 aromatic rings. The number of aromatic nitrogens is 1. The largest absolute Gasteiger partial charge is 0.493 e. The molecule has 0 atom stereocenters. The van der Waals surface area contributed by atoms with Gasteiger partial charge in [0.05, 0.1) is 23.7 Å². The first-order valence-electron chi connectivity index (χ1n) is 5.61. The Kier molecular flexibility index (Phi) is 4.35. The number of nitro groups is 1. The molecule has 0 unspecified atom stereocenters. The van der Waals surface area contributed by atoms with Crippen molar-refractivity contribution in [2.75, 3.05) is 7.11 Å². The van der Waals surface area contributed by atoms with Crippen molar-refractivity contribution in [1.29, 1.82) is 5.26 Å². The van der Waals surface area contributed by atoms with Crippen LogP contribution in [0.1, 0.15) is 5.56 Å². The lowest BCUT2D eigenvalue weighted by atomic mass is 10.2. The standard InChI is InChI=1S/C13H8BrN3O4/c1-20-12-4-8(6-15)2-3-11(12)21-13-10(17(18)19)5-9(14)7-16-13/h2-5,7H,1H3. The number of rotatable bonds is 4. The second-order valence-corrected chi connectivity index (χ2v) is 4.73. The smallest absolute Gasteiger partial charge is 0.332 e. The summed E-state index contributed by atoms with van der Waals surface area (Å²) in [6.07, 6.45) is 1.39. The maximum atomic E-state index is 11.0. The first-order valence-corrected chi connectivity index (χ1v) is 6.40. The number of ether oxygens (including phenoxy) is 2. The number of pyridine rings is 1. The maximum Gasteiger partial charge on any atom is 0.332 e. The zero-order valence-corrected chi connectivity index (χ0v) is 12.3. The minimum atomic E-state index is -0.594. The van der Waals surface area contributed by atoms with Gasteiger partial charge in [0.1, 0.15) is 0 Å². The van der Waals surface area contributed by atoms with Gasteiger partial charge in [-0.25, -0.2) is 4.98 Å². The summed E-state index contributed by atoms with van der Waals surface area (Å²) in [4.78, 5) is 14.3. The molecule has 106 valence electrons. The van der Waals surface area contributed by atoms with Crippen LogP contribution in [0.15, 0.2) is 34.9 Å². The predicted octanol–water partition coefficient (Wildman–Crippen LogP) is 3.42. The van der Waals surface area contributed by atoms with E-state index in [1.54, 1.807) is 0 Å². The van der Waals surface area contributed by atoms with Crippen LogP contribution in [0.25, 0.3) is 0 Å². The lowest BCUT2D eigenvalue weighted by Crippen LogP contribution is -1.97. The van der Waals surface area contributed by atoms with Crippen LogP contribution < -0.4 is 9.47 Å². The van der Waals surface area contributed by atoms with Gasteiger partial charge >= 0.3 is 5.69 Å². The van der Waals surface area contributed by atoms with Crippen LogP contribution in [0.5, 0.6) is 17.4 Å². The van der Waals surface area contributed by atoms with E-state index >= 15 is 0 Å². The lowest BCUT2D eigenvalue weighted by Gasteiger charge is -2.09. The summed E-state index contributed by atoms with van der Waals surface area (Å²) in [6, 6.07) is 7.73. The summed E-state index contributed by atoms with van der Waals surface area (Å²) in [5.41, 5.74) is 0.105. The molecule has 0 fully saturated rings. The van der Waals surface area contributed by atoms with Gasteiger partial charge in [0.2, 0.25) is 0 Å². The molecule has 8 heteroatoms. The van der Waals surface area contributed by atoms with Crippen LogP contribution in [0.3, 0.4) is 0 Å². The van der Waals surface area contributed by atoms with Crippen molar-refractivity contribution in [2.45, 2.75) is 0 Å². The lowest BCUT2D eigenvalue weighted by molar-refractivity contribution is -0.386. The van der Waals surface area contributed by atoms with Crippen LogP contribution in [0, 0.1) is 21.4 Å². The Labute approximate surface area is 128 Å². The van der Waals surface area contributed by atoms with Gasteiger partial charge in [-0.15, -0.1) is 0 Å². The van der Waals surface area contributed by atoms with E-state index in [-0.39, 0.29) is 23.1 Å². The maximum absolute atomic E-state index is 11.0. The Hall–Kier alpha value is -2.66. The van der Waals surface area contributed by atoms with E-state index in [4.69, 9.17) is 14.7 Å². The van der Waals surface area contributed by atoms with Gasteiger partial charge in [0.15, 0.2) is 11.5 Å². The molecule has 0 amide bonds. The Morgan fingerprint density at radius 3 is 2.76 bits per heavy atom. The summed E-state index contributed by atoms with van der Waals surface area (Å²) in [5, 5.41) is 19.8. The van der Waals surface area contributed by atoms with Crippen LogP contribution in [0.4, 0.5) is 5.69 Å². The summed E-state index contributed by atoms with van der Waals surface area (Å²) >= 11 is 3.11. The monoisotopic (exact) mass is 349 g/mol. The average molecular weight is 350 g/mol. The number of benzene rings is 1. The third kappa shape index (κ3) is 3.27. The molecule has 0 radical (unpaired) electrons. The van der Waals surface area contributed by atoms with Crippen molar-refractivity contribution >= 4 is 21.6 Å². The highest BCUT2D eigenvalue weighted by Gasteiger charge is 2.19. The van der Waals surface area contributed by atoms with Crippen molar-refractivity contribution < 1.29 is 14.4 Å². The second kappa shape index (κ2) is 6.19. The Morgan fingerprint density at radius 2 is 2.14 bits per heavy atom. The molecule has 0 bridgehead atoms. The van der Waals surface area contributed by atoms with Crippen LogP contribution in [-0.2, 0) is 0 Å². The van der Waals surface area contributed by atoms with E-state index in [9.17, 15) is 10.1 Å². The summed E-state index contributed by atoms with van der Waals surface area (Å²) in [7, 11) is 1.41. The molecule has 1 heterocycles. The highest BCUT2D eigenvalue weighted by atomic mass is 79.9. The molecule has 0 aliphatic heterocycles. The average Bonchev–Trinajstić information content (AvgIpc) is 2.49. The van der Waals surface area contributed by atoms with Gasteiger partial charge in [-0.1, -0.05) is 0 Å². The highest BCUT2D eigenvalue weighted by molar-refractivity contribution is 9.10. The van der Waals surface area contributed by atoms with Crippen molar-refractivity contribution in [3.63, 3.8) is 0 Å². The predicted molar refractivity (Wildman–Crippen MR) is 76.4 cm³/mol. The second-order valence-electron chi connectivity index (χ2n) is 3.81. The molecule has 0 aliphatic carbocycles. The van der Waals surface area contributed by atoms with E-state index in [0.717, 1.165) is 0 Å². The fourth-order valence-corrected chi connectivity index (χ4v) is 1.87. The SMILES string of the molecule is COc1cc(C#N)ccc1Oc1ncc(Br)cc1[N+](=O)[O-]. The molecule has 0 N–H and O–H groups in total. The van der Waals surface area contributed by atoms with Crippen LogP contribution in [-0.4, -0.2) is 17.0 Å². The molecular formula is C13H8BrN3O4. The van der Waals surface area contributed by atoms with Gasteiger partial charge < -0.3 is 9.47 Å². The van der Waals surface area contributed by atoms with Gasteiger partial charge in [-0.3, -0.25) is 10.1 Å². The zero-order chi connectivity index (χ0) is 15.4. The van der Waals surface area contributed by atoms with E-state index in [1.807, 2.05) is 6.07 Å². The van der Waals surface area contributed by atoms with E-state index in [1.165, 1.54) is 37.6 Å². The summed E-state index contributed by atoms with van der Waals surface area (Å²) < 4.78 is 11.0. The summed E-state index contributed by atoms with van der Waals surface area (Å²) in [6.45, 7) is 0. The van der Waals surface area contributed by atoms with Crippen molar-refractivity contribution in [2.24, 2.45) is 0 Å². The van der Waals surface area contributed by atoms with Crippen LogP contribution in [0.2, 0.25) is 0 Å². The third-order valence-corrected chi connectivity index (χ3v) is 2.93. The van der Waals surface area contributed by atoms with Gasteiger partial charge in [0.25, 0.3) is 5.88 Å². The number of methoxy groups -OCH3 is 1. The van der Waals surface area contributed by atoms with Gasteiger partial charge in [-0.05, 0) is 28.1 Å². The molecule has 1 aromatic heterocycles. The first-order chi connectivity index (χ1) is 10.0. The fraction of sp³-hybridized carbons (Fsp3) is 0.0769. The first kappa shape index (κ1) is 14.7. The van der Waals surface area contributed by atoms with E-state index in [2.05, 4.69) is 20.9 Å². The fourth-order valence-electron chi connectivity index (χ4n) is 1.55. The molecule has 0 saturated carbocycles. The van der Waals surface area contributed by atoms with E-state index < -0.39 is 4.92 Å². The Balaban J connectivity index is 2.43. The topological polar surface area (TPSA) is 98.3 Å². The van der Waals surface area contributed by atoms with Gasteiger partial charge in [-0.2, -0.15) is 5.26 Å². The van der Waals surface area contributed by atoms with Gasteiger partial charge in [0, 0.05) is 22.8 Å². The highest BCUT2D eigenvalue weighted by Crippen LogP contribution is 2.36. The van der Waals surface area contributed by atoms with E-state index in [0.29, 0.717) is 10.0 Å². The summed E-state index contributed by atoms with van der Waals surface area (Å²) in [5.74, 6) is 0.355. The number of nitriles is 1. The number of halogens is 1. The molecule has 0 spiro atoms. The van der Waals surface area contributed by atoms with Crippen molar-refractivity contribution in [3.8, 4) is 23.4 Å². The molecule has 1 aromatic carbocycles. The minimum absolute atomic E-state index is 0.161. The number of hydrogen-bond donors (Lipinski definition) is 0. The molecule has 7 nitrogen and oxygen atoms in total. The molecule has 2 rings (SSSR count). The quantitative estimate of drug-likeness (QED) is 0.619. The Bertz CT molecular complexity index is 743. The van der Waals surface area contributed by atoms with Crippen molar-refractivity contribution in [3.05, 3.63) is 50.6 Å². The normalized spacial score (nSPS) is 9.76. The third-order valence-electron chi connectivity index (χ3n) is 2.49. The molecule has 0 saturated heterocycles. The molecular weight excluding hydrogens is 342 g/mol. The van der Waals surface area contributed by atoms with Crippen LogP contribution >= 0.6 is 15.9 Å². The number of nitrogens with zero attached hydrogens (tertiary/aromatic N) is 3. The minimum Gasteiger partial charge on any atom is -0.493 e. The zero-order valence-electron chi connectivity index (χ0n) is 10.7. The molecule has 0 aliphatic rings.